The topological polar surface area (TPSA) is 120 Å². The fourth-order valence-corrected chi connectivity index (χ4v) is 3.77. The van der Waals surface area contributed by atoms with Crippen molar-refractivity contribution in [2.45, 2.75) is 29.7 Å². The monoisotopic (exact) mass is 387 g/mol. The van der Waals surface area contributed by atoms with Gasteiger partial charge >= 0.3 is 0 Å². The van der Waals surface area contributed by atoms with Crippen molar-refractivity contribution in [2.24, 2.45) is 0 Å². The van der Waals surface area contributed by atoms with Crippen LogP contribution in [0.25, 0.3) is 0 Å². The molecule has 0 bridgehead atoms. The second kappa shape index (κ2) is 7.77. The Balaban J connectivity index is 2.04. The number of nitrogens with one attached hydrogen (secondary N) is 3. The molecule has 27 heavy (non-hydrogen) atoms. The molecule has 0 radical (unpaired) electrons. The Labute approximate surface area is 157 Å². The quantitative estimate of drug-likeness (QED) is 0.491. The highest BCUT2D eigenvalue weighted by Crippen LogP contribution is 2.26. The van der Waals surface area contributed by atoms with Crippen LogP contribution < -0.4 is 10.6 Å². The number of aryl methyl sites for hydroxylation is 1. The predicted octanol–water partition coefficient (Wildman–Crippen LogP) is 2.48. The third-order valence-electron chi connectivity index (χ3n) is 3.79. The number of nitrogens with zero attached hydrogens (tertiary/aromatic N) is 2. The van der Waals surface area contributed by atoms with Gasteiger partial charge in [0.15, 0.2) is 5.82 Å². The summed E-state index contributed by atoms with van der Waals surface area (Å²) in [5, 5.41) is 22.2. The molecule has 2 heterocycles. The van der Waals surface area contributed by atoms with Gasteiger partial charge in [0.2, 0.25) is 9.84 Å². The highest BCUT2D eigenvalue weighted by molar-refractivity contribution is 7.91. The van der Waals surface area contributed by atoms with Gasteiger partial charge < -0.3 is 15.7 Å². The van der Waals surface area contributed by atoms with E-state index < -0.39 is 9.84 Å². The van der Waals surface area contributed by atoms with E-state index in [1.807, 2.05) is 6.92 Å². The molecule has 0 aliphatic heterocycles. The minimum absolute atomic E-state index is 0.0890. The Morgan fingerprint density at radius 2 is 1.78 bits per heavy atom. The molecule has 4 N–H and O–H groups in total. The molecule has 142 valence electrons. The number of anilines is 3. The van der Waals surface area contributed by atoms with E-state index in [1.165, 1.54) is 12.1 Å². The minimum atomic E-state index is -3.72. The van der Waals surface area contributed by atoms with Crippen LogP contribution in [0.2, 0.25) is 0 Å². The summed E-state index contributed by atoms with van der Waals surface area (Å²) in [6.45, 7) is 3.51. The van der Waals surface area contributed by atoms with Crippen molar-refractivity contribution in [3.05, 3.63) is 54.2 Å². The molecule has 0 spiro atoms. The van der Waals surface area contributed by atoms with E-state index in [4.69, 9.17) is 0 Å². The molecular formula is C18H21N5O3S. The highest BCUT2D eigenvalue weighted by atomic mass is 32.2. The number of rotatable bonds is 7. The van der Waals surface area contributed by atoms with E-state index in [0.717, 1.165) is 5.69 Å². The van der Waals surface area contributed by atoms with Crippen LogP contribution in [0.5, 0.6) is 0 Å². The summed E-state index contributed by atoms with van der Waals surface area (Å²) in [6, 6.07) is 12.6. The number of aromatic nitrogens is 3. The molecule has 3 rings (SSSR count). The summed E-state index contributed by atoms with van der Waals surface area (Å²) >= 11 is 0. The Hall–Kier alpha value is -2.91. The molecule has 1 atom stereocenters. The van der Waals surface area contributed by atoms with Crippen molar-refractivity contribution in [3.63, 3.8) is 0 Å². The fourth-order valence-electron chi connectivity index (χ4n) is 2.45. The molecule has 1 aromatic carbocycles. The molecular weight excluding hydrogens is 366 g/mol. The summed E-state index contributed by atoms with van der Waals surface area (Å²) in [7, 11) is -3.72. The maximum atomic E-state index is 13.0. The maximum absolute atomic E-state index is 13.0. The first kappa shape index (κ1) is 18.9. The van der Waals surface area contributed by atoms with Crippen molar-refractivity contribution in [1.82, 2.24) is 15.2 Å². The summed E-state index contributed by atoms with van der Waals surface area (Å²) in [4.78, 5) is 4.66. The van der Waals surface area contributed by atoms with Crippen molar-refractivity contribution < 1.29 is 13.5 Å². The van der Waals surface area contributed by atoms with Gasteiger partial charge in [0.25, 0.3) is 0 Å². The molecule has 0 amide bonds. The zero-order valence-corrected chi connectivity index (χ0v) is 15.8. The SMILES string of the molecule is Cc1cc(Nc2cc(S(=O)(=O)c3ccccc3)cc(N[C@H](C)CO)n2)n[nH]1. The van der Waals surface area contributed by atoms with E-state index in [9.17, 15) is 13.5 Å². The Bertz CT molecular complexity index is 1020. The zero-order chi connectivity index (χ0) is 19.4. The van der Waals surface area contributed by atoms with E-state index in [-0.39, 0.29) is 22.4 Å². The molecule has 9 heteroatoms. The average Bonchev–Trinajstić information content (AvgIpc) is 3.06. The minimum Gasteiger partial charge on any atom is -0.394 e. The first-order valence-corrected chi connectivity index (χ1v) is 9.85. The first-order chi connectivity index (χ1) is 12.9. The lowest BCUT2D eigenvalue weighted by atomic mass is 10.3. The van der Waals surface area contributed by atoms with Crippen molar-refractivity contribution >= 4 is 27.3 Å². The Kier molecular flexibility index (Phi) is 5.43. The third-order valence-corrected chi connectivity index (χ3v) is 5.54. The van der Waals surface area contributed by atoms with Crippen LogP contribution in [0.1, 0.15) is 12.6 Å². The lowest BCUT2D eigenvalue weighted by Crippen LogP contribution is -2.20. The van der Waals surface area contributed by atoms with Gasteiger partial charge in [-0.2, -0.15) is 5.10 Å². The predicted molar refractivity (Wildman–Crippen MR) is 103 cm³/mol. The van der Waals surface area contributed by atoms with Gasteiger partial charge in [-0.25, -0.2) is 13.4 Å². The number of pyridine rings is 1. The number of aromatic amines is 1. The van der Waals surface area contributed by atoms with Gasteiger partial charge in [0, 0.05) is 23.9 Å². The van der Waals surface area contributed by atoms with Crippen LogP contribution in [-0.2, 0) is 9.84 Å². The number of H-pyrrole nitrogens is 1. The summed E-state index contributed by atoms with van der Waals surface area (Å²) in [6.07, 6.45) is 0. The molecule has 3 aromatic rings. The summed E-state index contributed by atoms with van der Waals surface area (Å²) in [5.41, 5.74) is 0.859. The molecule has 0 aliphatic carbocycles. The maximum Gasteiger partial charge on any atom is 0.206 e. The fraction of sp³-hybridized carbons (Fsp3) is 0.222. The van der Waals surface area contributed by atoms with Gasteiger partial charge in [0.1, 0.15) is 11.6 Å². The first-order valence-electron chi connectivity index (χ1n) is 8.37. The number of sulfone groups is 1. The van der Waals surface area contributed by atoms with Gasteiger partial charge in [-0.1, -0.05) is 18.2 Å². The molecule has 2 aromatic heterocycles. The lowest BCUT2D eigenvalue weighted by molar-refractivity contribution is 0.281. The molecule has 0 fully saturated rings. The molecule has 8 nitrogen and oxygen atoms in total. The zero-order valence-electron chi connectivity index (χ0n) is 15.0. The Morgan fingerprint density at radius 3 is 2.41 bits per heavy atom. The normalized spacial score (nSPS) is 12.6. The van der Waals surface area contributed by atoms with Gasteiger partial charge in [-0.3, -0.25) is 5.10 Å². The third kappa shape index (κ3) is 4.44. The number of hydrogen-bond donors (Lipinski definition) is 4. The van der Waals surface area contributed by atoms with Crippen LogP contribution >= 0.6 is 0 Å². The molecule has 0 unspecified atom stereocenters. The van der Waals surface area contributed by atoms with Crippen molar-refractivity contribution in [2.75, 3.05) is 17.2 Å². The van der Waals surface area contributed by atoms with E-state index in [0.29, 0.717) is 17.5 Å². The number of benzene rings is 1. The van der Waals surface area contributed by atoms with E-state index in [2.05, 4.69) is 25.8 Å². The molecule has 0 saturated carbocycles. The number of hydrogen-bond acceptors (Lipinski definition) is 7. The highest BCUT2D eigenvalue weighted by Gasteiger charge is 2.20. The summed E-state index contributed by atoms with van der Waals surface area (Å²) < 4.78 is 26.0. The van der Waals surface area contributed by atoms with E-state index in [1.54, 1.807) is 43.3 Å². The van der Waals surface area contributed by atoms with Gasteiger partial charge in [-0.15, -0.1) is 0 Å². The Morgan fingerprint density at radius 1 is 1.07 bits per heavy atom. The second-order valence-corrected chi connectivity index (χ2v) is 8.13. The van der Waals surface area contributed by atoms with Crippen molar-refractivity contribution in [3.8, 4) is 0 Å². The standard InChI is InChI=1S/C18H21N5O3S/c1-12-8-18(23-22-12)21-17-10-15(9-16(20-17)19-13(2)11-24)27(25,26)14-6-4-3-5-7-14/h3-10,13,24H,11H2,1-2H3,(H3,19,20,21,22,23)/t13-/m1/s1. The summed E-state index contributed by atoms with van der Waals surface area (Å²) in [5.74, 6) is 1.19. The average molecular weight is 387 g/mol. The van der Waals surface area contributed by atoms with Crippen LogP contribution in [-0.4, -0.2) is 41.4 Å². The van der Waals surface area contributed by atoms with Crippen molar-refractivity contribution in [1.29, 1.82) is 0 Å². The second-order valence-electron chi connectivity index (χ2n) is 6.18. The lowest BCUT2D eigenvalue weighted by Gasteiger charge is -2.15. The number of aliphatic hydroxyl groups excluding tert-OH is 1. The van der Waals surface area contributed by atoms with E-state index >= 15 is 0 Å². The molecule has 0 aliphatic rings. The van der Waals surface area contributed by atoms with Gasteiger partial charge in [0.05, 0.1) is 16.4 Å². The smallest absolute Gasteiger partial charge is 0.206 e. The number of aliphatic hydroxyl groups is 1. The van der Waals surface area contributed by atoms with Crippen LogP contribution in [0.3, 0.4) is 0 Å². The van der Waals surface area contributed by atoms with Gasteiger partial charge in [-0.05, 0) is 32.0 Å². The van der Waals surface area contributed by atoms with Crippen LogP contribution in [0, 0.1) is 6.92 Å². The van der Waals surface area contributed by atoms with Crippen LogP contribution in [0.15, 0.2) is 58.3 Å². The largest absolute Gasteiger partial charge is 0.394 e. The molecule has 0 saturated heterocycles. The van der Waals surface area contributed by atoms with Crippen LogP contribution in [0.4, 0.5) is 17.5 Å².